The number of rotatable bonds is 3. The molecule has 1 heterocycles. The van der Waals surface area contributed by atoms with Crippen molar-refractivity contribution >= 4 is 17.0 Å². The molecule has 4 heteroatoms. The molecule has 0 aliphatic carbocycles. The third-order valence-electron chi connectivity index (χ3n) is 3.47. The van der Waals surface area contributed by atoms with Gasteiger partial charge in [-0.15, -0.1) is 0 Å². The van der Waals surface area contributed by atoms with Gasteiger partial charge in [-0.1, -0.05) is 29.8 Å². The average Bonchev–Trinajstić information content (AvgIpc) is 2.53. The van der Waals surface area contributed by atoms with E-state index in [-0.39, 0.29) is 12.6 Å². The summed E-state index contributed by atoms with van der Waals surface area (Å²) in [5.41, 5.74) is 4.74. The summed E-state index contributed by atoms with van der Waals surface area (Å²) >= 11 is 0. The monoisotopic (exact) mass is 292 g/mol. The summed E-state index contributed by atoms with van der Waals surface area (Å²) in [7, 11) is 0. The number of hydrogen-bond acceptors (Lipinski definition) is 4. The van der Waals surface area contributed by atoms with Crippen LogP contribution < -0.4 is 0 Å². The topological polar surface area (TPSA) is 52.1 Å². The Kier molecular flexibility index (Phi) is 3.83. The summed E-state index contributed by atoms with van der Waals surface area (Å²) in [5.74, 6) is -0.352. The zero-order chi connectivity index (χ0) is 15.5. The number of fused-ring (bicyclic) bond motifs is 1. The van der Waals surface area contributed by atoms with Gasteiger partial charge in [0.25, 0.3) is 0 Å². The van der Waals surface area contributed by atoms with Crippen LogP contribution in [0.4, 0.5) is 0 Å². The number of aryl methyl sites for hydroxylation is 2. The van der Waals surface area contributed by atoms with Crippen molar-refractivity contribution in [2.24, 2.45) is 0 Å². The summed E-state index contributed by atoms with van der Waals surface area (Å²) < 4.78 is 5.34. The van der Waals surface area contributed by atoms with Gasteiger partial charge in [-0.3, -0.25) is 0 Å². The molecular weight excluding hydrogens is 276 g/mol. The van der Waals surface area contributed by atoms with Gasteiger partial charge in [0, 0.05) is 0 Å². The average molecular weight is 292 g/mol. The van der Waals surface area contributed by atoms with E-state index in [1.165, 1.54) is 0 Å². The van der Waals surface area contributed by atoms with Crippen molar-refractivity contribution in [3.8, 4) is 0 Å². The summed E-state index contributed by atoms with van der Waals surface area (Å²) in [6, 6.07) is 14.9. The molecule has 2 aromatic carbocycles. The standard InChI is InChI=1S/C18H16N2O2/c1-12-7-9-14(10-8-12)18(21)22-11-17-13(2)19-15-5-3-4-6-16(15)20-17/h3-10H,11H2,1-2H3. The van der Waals surface area contributed by atoms with E-state index < -0.39 is 0 Å². The number of benzene rings is 2. The molecular formula is C18H16N2O2. The van der Waals surface area contributed by atoms with Crippen LogP contribution in [0.5, 0.6) is 0 Å². The Bertz CT molecular complexity index is 826. The van der Waals surface area contributed by atoms with E-state index >= 15 is 0 Å². The number of ether oxygens (including phenoxy) is 1. The van der Waals surface area contributed by atoms with Crippen LogP contribution in [0.15, 0.2) is 48.5 Å². The molecule has 0 amide bonds. The summed E-state index contributed by atoms with van der Waals surface area (Å²) in [6.45, 7) is 3.97. The molecule has 0 fully saturated rings. The van der Waals surface area contributed by atoms with Gasteiger partial charge >= 0.3 is 5.97 Å². The molecule has 4 nitrogen and oxygen atoms in total. The van der Waals surface area contributed by atoms with Crippen LogP contribution in [0.2, 0.25) is 0 Å². The van der Waals surface area contributed by atoms with Crippen LogP contribution >= 0.6 is 0 Å². The highest BCUT2D eigenvalue weighted by Gasteiger charge is 2.10. The minimum atomic E-state index is -0.352. The minimum absolute atomic E-state index is 0.121. The lowest BCUT2D eigenvalue weighted by Gasteiger charge is -2.08. The first-order chi connectivity index (χ1) is 10.6. The number of carbonyl (C=O) groups excluding carboxylic acids is 1. The predicted molar refractivity (Wildman–Crippen MR) is 84.6 cm³/mol. The normalized spacial score (nSPS) is 10.6. The fourth-order valence-corrected chi connectivity index (χ4v) is 2.17. The van der Waals surface area contributed by atoms with E-state index in [0.717, 1.165) is 22.3 Å². The van der Waals surface area contributed by atoms with Gasteiger partial charge in [0.2, 0.25) is 0 Å². The highest BCUT2D eigenvalue weighted by molar-refractivity contribution is 5.89. The van der Waals surface area contributed by atoms with Crippen LogP contribution in [0.1, 0.15) is 27.3 Å². The van der Waals surface area contributed by atoms with Crippen molar-refractivity contribution in [3.63, 3.8) is 0 Å². The van der Waals surface area contributed by atoms with Crippen LogP contribution in [0.3, 0.4) is 0 Å². The SMILES string of the molecule is Cc1ccc(C(=O)OCc2nc3ccccc3nc2C)cc1. The minimum Gasteiger partial charge on any atom is -0.456 e. The van der Waals surface area contributed by atoms with Gasteiger partial charge < -0.3 is 4.74 Å². The van der Waals surface area contributed by atoms with Crippen molar-refractivity contribution < 1.29 is 9.53 Å². The molecule has 0 radical (unpaired) electrons. The number of para-hydroxylation sites is 2. The Hall–Kier alpha value is -2.75. The molecule has 22 heavy (non-hydrogen) atoms. The van der Waals surface area contributed by atoms with Crippen molar-refractivity contribution in [1.82, 2.24) is 9.97 Å². The van der Waals surface area contributed by atoms with E-state index in [4.69, 9.17) is 4.74 Å². The van der Waals surface area contributed by atoms with Gasteiger partial charge in [0.15, 0.2) is 0 Å². The highest BCUT2D eigenvalue weighted by atomic mass is 16.5. The first-order valence-electron chi connectivity index (χ1n) is 7.09. The number of carbonyl (C=O) groups is 1. The Morgan fingerprint density at radius 1 is 0.955 bits per heavy atom. The molecule has 1 aromatic heterocycles. The molecule has 0 spiro atoms. The predicted octanol–water partition coefficient (Wildman–Crippen LogP) is 3.60. The van der Waals surface area contributed by atoms with E-state index in [1.54, 1.807) is 12.1 Å². The van der Waals surface area contributed by atoms with E-state index in [0.29, 0.717) is 11.3 Å². The van der Waals surface area contributed by atoms with Gasteiger partial charge in [-0.2, -0.15) is 0 Å². The van der Waals surface area contributed by atoms with E-state index in [1.807, 2.05) is 50.2 Å². The first kappa shape index (κ1) is 14.2. The van der Waals surface area contributed by atoms with Gasteiger partial charge in [-0.25, -0.2) is 14.8 Å². The molecule has 3 rings (SSSR count). The highest BCUT2D eigenvalue weighted by Crippen LogP contribution is 2.14. The fraction of sp³-hybridized carbons (Fsp3) is 0.167. The van der Waals surface area contributed by atoms with Crippen LogP contribution in [0, 0.1) is 13.8 Å². The number of esters is 1. The Labute approximate surface area is 128 Å². The number of nitrogens with zero attached hydrogens (tertiary/aromatic N) is 2. The smallest absolute Gasteiger partial charge is 0.338 e. The maximum absolute atomic E-state index is 12.0. The fourth-order valence-electron chi connectivity index (χ4n) is 2.17. The van der Waals surface area contributed by atoms with E-state index in [9.17, 15) is 4.79 Å². The van der Waals surface area contributed by atoms with Crippen molar-refractivity contribution in [1.29, 1.82) is 0 Å². The quantitative estimate of drug-likeness (QED) is 0.692. The van der Waals surface area contributed by atoms with Crippen molar-refractivity contribution in [2.75, 3.05) is 0 Å². The molecule has 0 unspecified atom stereocenters. The molecule has 0 atom stereocenters. The van der Waals surface area contributed by atoms with Crippen LogP contribution in [-0.4, -0.2) is 15.9 Å². The Morgan fingerprint density at radius 3 is 2.27 bits per heavy atom. The summed E-state index contributed by atoms with van der Waals surface area (Å²) in [4.78, 5) is 21.0. The molecule has 0 aliphatic heterocycles. The second-order valence-corrected chi connectivity index (χ2v) is 5.19. The molecule has 110 valence electrons. The van der Waals surface area contributed by atoms with Gasteiger partial charge in [0.05, 0.1) is 28.0 Å². The second kappa shape index (κ2) is 5.93. The molecule has 0 bridgehead atoms. The van der Waals surface area contributed by atoms with Crippen molar-refractivity contribution in [2.45, 2.75) is 20.5 Å². The number of aromatic nitrogens is 2. The second-order valence-electron chi connectivity index (χ2n) is 5.19. The van der Waals surface area contributed by atoms with Crippen molar-refractivity contribution in [3.05, 3.63) is 71.0 Å². The molecule has 0 saturated carbocycles. The molecule has 0 aliphatic rings. The van der Waals surface area contributed by atoms with Gasteiger partial charge in [-0.05, 0) is 38.1 Å². The first-order valence-corrected chi connectivity index (χ1v) is 7.09. The largest absolute Gasteiger partial charge is 0.456 e. The number of hydrogen-bond donors (Lipinski definition) is 0. The van der Waals surface area contributed by atoms with Crippen LogP contribution in [-0.2, 0) is 11.3 Å². The zero-order valence-corrected chi connectivity index (χ0v) is 12.5. The third-order valence-corrected chi connectivity index (χ3v) is 3.47. The maximum Gasteiger partial charge on any atom is 0.338 e. The lowest BCUT2D eigenvalue weighted by molar-refractivity contribution is 0.0467. The molecule has 0 N–H and O–H groups in total. The maximum atomic E-state index is 12.0. The lowest BCUT2D eigenvalue weighted by Crippen LogP contribution is -2.08. The Balaban J connectivity index is 1.77. The molecule has 0 saturated heterocycles. The van der Waals surface area contributed by atoms with Crippen LogP contribution in [0.25, 0.3) is 11.0 Å². The third kappa shape index (κ3) is 2.96. The Morgan fingerprint density at radius 2 is 1.59 bits per heavy atom. The molecule has 3 aromatic rings. The van der Waals surface area contributed by atoms with E-state index in [2.05, 4.69) is 9.97 Å². The summed E-state index contributed by atoms with van der Waals surface area (Å²) in [6.07, 6.45) is 0. The zero-order valence-electron chi connectivity index (χ0n) is 12.5. The van der Waals surface area contributed by atoms with Gasteiger partial charge in [0.1, 0.15) is 6.61 Å². The lowest BCUT2D eigenvalue weighted by atomic mass is 10.1. The summed E-state index contributed by atoms with van der Waals surface area (Å²) in [5, 5.41) is 0.